The van der Waals surface area contributed by atoms with Gasteiger partial charge in [0.15, 0.2) is 11.5 Å². The van der Waals surface area contributed by atoms with Crippen LogP contribution in [0, 0.1) is 11.7 Å². The second kappa shape index (κ2) is 14.3. The number of ether oxygens (including phenoxy) is 3. The summed E-state index contributed by atoms with van der Waals surface area (Å²) in [6, 6.07) is 19.0. The van der Waals surface area contributed by atoms with E-state index in [0.717, 1.165) is 30.6 Å². The first kappa shape index (κ1) is 32.1. The Morgan fingerprint density at radius 3 is 2.48 bits per heavy atom. The third kappa shape index (κ3) is 7.26. The highest BCUT2D eigenvalue weighted by Gasteiger charge is 2.22. The van der Waals surface area contributed by atoms with Crippen molar-refractivity contribution in [3.63, 3.8) is 0 Å². The Morgan fingerprint density at radius 2 is 1.75 bits per heavy atom. The predicted octanol–water partition coefficient (Wildman–Crippen LogP) is 4.55. The molecule has 0 atom stereocenters. The number of nitrogens with two attached hydrogens (primary N) is 1. The topological polar surface area (TPSA) is 151 Å². The van der Waals surface area contributed by atoms with Crippen molar-refractivity contribution in [2.24, 2.45) is 11.7 Å². The smallest absolute Gasteiger partial charge is 0.284 e. The molecule has 2 amide bonds. The molecule has 0 unspecified atom stereocenters. The van der Waals surface area contributed by atoms with Crippen LogP contribution in [0.25, 0.3) is 16.6 Å². The molecule has 2 aromatic heterocycles. The number of likely N-dealkylation sites (tertiary alicyclic amines) is 1. The van der Waals surface area contributed by atoms with E-state index in [-0.39, 0.29) is 23.7 Å². The molecule has 0 radical (unpaired) electrons. The largest absolute Gasteiger partial charge is 0.493 e. The molecule has 246 valence electrons. The summed E-state index contributed by atoms with van der Waals surface area (Å²) in [5.74, 6) is 0.857. The van der Waals surface area contributed by atoms with Crippen LogP contribution in [-0.4, -0.2) is 64.8 Å². The molecule has 48 heavy (non-hydrogen) atoms. The fourth-order valence-electron chi connectivity index (χ4n) is 5.54. The summed E-state index contributed by atoms with van der Waals surface area (Å²) < 4.78 is 33.1. The maximum Gasteiger partial charge on any atom is 0.284 e. The second-order valence-corrected chi connectivity index (χ2v) is 11.3. The number of amides is 2. The monoisotopic (exact) mass is 652 g/mol. The van der Waals surface area contributed by atoms with Crippen LogP contribution in [0.3, 0.4) is 0 Å². The van der Waals surface area contributed by atoms with Crippen molar-refractivity contribution in [1.82, 2.24) is 19.7 Å². The Hall–Kier alpha value is -5.82. The minimum Gasteiger partial charge on any atom is -0.493 e. The summed E-state index contributed by atoms with van der Waals surface area (Å²) >= 11 is 0. The van der Waals surface area contributed by atoms with Gasteiger partial charge in [-0.2, -0.15) is 9.78 Å². The Kier molecular flexibility index (Phi) is 9.57. The molecule has 0 saturated carbocycles. The quantitative estimate of drug-likeness (QED) is 0.209. The molecule has 1 saturated heterocycles. The Morgan fingerprint density at radius 1 is 0.979 bits per heavy atom. The predicted molar refractivity (Wildman–Crippen MR) is 176 cm³/mol. The molecule has 3 aromatic carbocycles. The standard InChI is InChI=1S/C35H33FN6O6/c1-46-31-18-26-28(19-32(31)47-21-22-12-16-41(17-13-22)20-33(37)43)38-14-11-30(26)48-24-8-6-23(7-9-24)40-34(44)25-10-15-39-42(35(25)45)29-5-3-2-4-27(29)36/h2-11,14-15,18-19,22H,12-13,16-17,20-21H2,1H3,(H2,37,43)(H,40,44). The molecule has 13 heteroatoms. The van der Waals surface area contributed by atoms with E-state index in [2.05, 4.69) is 20.3 Å². The average molecular weight is 653 g/mol. The number of carbonyl (C=O) groups is 2. The number of nitrogens with zero attached hydrogens (tertiary/aromatic N) is 4. The molecular weight excluding hydrogens is 619 g/mol. The number of anilines is 1. The van der Waals surface area contributed by atoms with E-state index in [1.165, 1.54) is 30.5 Å². The van der Waals surface area contributed by atoms with Crippen molar-refractivity contribution in [2.75, 3.05) is 38.7 Å². The number of methoxy groups -OCH3 is 1. The lowest BCUT2D eigenvalue weighted by Crippen LogP contribution is -2.40. The lowest BCUT2D eigenvalue weighted by Gasteiger charge is -2.31. The molecule has 0 bridgehead atoms. The molecule has 1 aliphatic rings. The highest BCUT2D eigenvalue weighted by Crippen LogP contribution is 2.37. The van der Waals surface area contributed by atoms with Crippen LogP contribution in [-0.2, 0) is 4.79 Å². The lowest BCUT2D eigenvalue weighted by atomic mass is 9.98. The highest BCUT2D eigenvalue weighted by molar-refractivity contribution is 6.04. The number of piperidine rings is 1. The van der Waals surface area contributed by atoms with Gasteiger partial charge in [0.05, 0.1) is 25.8 Å². The second-order valence-electron chi connectivity index (χ2n) is 11.3. The zero-order valence-electron chi connectivity index (χ0n) is 26.1. The normalized spacial score (nSPS) is 13.6. The fourth-order valence-corrected chi connectivity index (χ4v) is 5.54. The lowest BCUT2D eigenvalue weighted by molar-refractivity contribution is -0.119. The zero-order valence-corrected chi connectivity index (χ0v) is 26.1. The Balaban J connectivity index is 1.12. The summed E-state index contributed by atoms with van der Waals surface area (Å²) in [5, 5.41) is 7.32. The Bertz CT molecular complexity index is 2010. The van der Waals surface area contributed by atoms with Gasteiger partial charge in [-0.25, -0.2) is 4.39 Å². The van der Waals surface area contributed by atoms with Crippen LogP contribution in [0.15, 0.2) is 90.0 Å². The third-order valence-electron chi connectivity index (χ3n) is 8.06. The third-order valence-corrected chi connectivity index (χ3v) is 8.06. The van der Waals surface area contributed by atoms with Gasteiger partial charge in [0, 0.05) is 29.5 Å². The number of primary amides is 1. The Labute approximate surface area is 274 Å². The van der Waals surface area contributed by atoms with Crippen molar-refractivity contribution in [2.45, 2.75) is 12.8 Å². The number of para-hydroxylation sites is 1. The number of hydrogen-bond acceptors (Lipinski definition) is 9. The summed E-state index contributed by atoms with van der Waals surface area (Å²) in [7, 11) is 1.57. The number of halogens is 1. The van der Waals surface area contributed by atoms with Crippen molar-refractivity contribution in [3.8, 4) is 28.7 Å². The number of fused-ring (bicyclic) bond motifs is 1. The van der Waals surface area contributed by atoms with E-state index in [0.29, 0.717) is 52.1 Å². The van der Waals surface area contributed by atoms with Crippen LogP contribution in [0.2, 0.25) is 0 Å². The van der Waals surface area contributed by atoms with E-state index in [9.17, 15) is 18.8 Å². The van der Waals surface area contributed by atoms with Crippen molar-refractivity contribution < 1.29 is 28.2 Å². The van der Waals surface area contributed by atoms with Crippen molar-refractivity contribution >= 4 is 28.4 Å². The molecule has 6 rings (SSSR count). The fraction of sp³-hybridized carbons (Fsp3) is 0.229. The first-order valence-electron chi connectivity index (χ1n) is 15.3. The summed E-state index contributed by atoms with van der Waals surface area (Å²) in [4.78, 5) is 43.7. The van der Waals surface area contributed by atoms with Crippen molar-refractivity contribution in [1.29, 1.82) is 0 Å². The molecule has 1 fully saturated rings. The summed E-state index contributed by atoms with van der Waals surface area (Å²) in [6.45, 7) is 2.38. The number of benzene rings is 3. The van der Waals surface area contributed by atoms with Gasteiger partial charge >= 0.3 is 0 Å². The van der Waals surface area contributed by atoms with Crippen LogP contribution in [0.4, 0.5) is 10.1 Å². The summed E-state index contributed by atoms with van der Waals surface area (Å²) in [6.07, 6.45) is 4.71. The molecule has 12 nitrogen and oxygen atoms in total. The van der Waals surface area contributed by atoms with E-state index in [1.807, 2.05) is 12.1 Å². The van der Waals surface area contributed by atoms with Gasteiger partial charge in [-0.1, -0.05) is 12.1 Å². The number of carbonyl (C=O) groups excluding carboxylic acids is 2. The molecule has 0 aliphatic carbocycles. The first-order valence-corrected chi connectivity index (χ1v) is 15.3. The van der Waals surface area contributed by atoms with Gasteiger partial charge in [-0.05, 0) is 86.4 Å². The first-order chi connectivity index (χ1) is 23.3. The van der Waals surface area contributed by atoms with Gasteiger partial charge in [0.25, 0.3) is 11.5 Å². The number of nitrogens with one attached hydrogen (secondary N) is 1. The molecule has 3 heterocycles. The van der Waals surface area contributed by atoms with E-state index in [4.69, 9.17) is 19.9 Å². The number of pyridine rings is 1. The average Bonchev–Trinajstić information content (AvgIpc) is 3.09. The molecule has 1 aliphatic heterocycles. The van der Waals surface area contributed by atoms with E-state index in [1.54, 1.807) is 49.7 Å². The van der Waals surface area contributed by atoms with Crippen LogP contribution in [0.5, 0.6) is 23.0 Å². The summed E-state index contributed by atoms with van der Waals surface area (Å²) in [5.41, 5.74) is 5.39. The van der Waals surface area contributed by atoms with Gasteiger partial charge in [-0.15, -0.1) is 0 Å². The molecule has 0 spiro atoms. The zero-order chi connectivity index (χ0) is 33.6. The van der Waals surface area contributed by atoms with E-state index >= 15 is 0 Å². The highest BCUT2D eigenvalue weighted by atomic mass is 19.1. The van der Waals surface area contributed by atoms with Crippen LogP contribution >= 0.6 is 0 Å². The number of rotatable bonds is 11. The van der Waals surface area contributed by atoms with Crippen LogP contribution in [0.1, 0.15) is 23.2 Å². The maximum atomic E-state index is 14.3. The van der Waals surface area contributed by atoms with Crippen LogP contribution < -0.4 is 30.8 Å². The number of hydrogen-bond donors (Lipinski definition) is 2. The number of aromatic nitrogens is 3. The minimum absolute atomic E-state index is 0.0564. The SMILES string of the molecule is COc1cc2c(Oc3ccc(NC(=O)c4ccnn(-c5ccccc5F)c4=O)cc3)ccnc2cc1OCC1CCN(CC(N)=O)CC1. The maximum absolute atomic E-state index is 14.3. The van der Waals surface area contributed by atoms with Gasteiger partial charge in [0.1, 0.15) is 28.6 Å². The van der Waals surface area contributed by atoms with E-state index < -0.39 is 17.3 Å². The van der Waals surface area contributed by atoms with Crippen molar-refractivity contribution in [3.05, 3.63) is 107 Å². The van der Waals surface area contributed by atoms with Gasteiger partial charge < -0.3 is 25.3 Å². The molecule has 3 N–H and O–H groups in total. The van der Waals surface area contributed by atoms with Gasteiger partial charge in [0.2, 0.25) is 5.91 Å². The van der Waals surface area contributed by atoms with Gasteiger partial charge in [-0.3, -0.25) is 24.3 Å². The molecular formula is C35H33FN6O6. The minimum atomic E-state index is -0.754. The molecule has 5 aromatic rings.